The Labute approximate surface area is 117 Å². The van der Waals surface area contributed by atoms with Crippen LogP contribution in [0.5, 0.6) is 0 Å². The number of sulfone groups is 1. The fourth-order valence-electron chi connectivity index (χ4n) is 1.46. The van der Waals surface area contributed by atoms with Crippen LogP contribution in [0.15, 0.2) is 18.2 Å². The molecule has 112 valence electrons. The van der Waals surface area contributed by atoms with Crippen molar-refractivity contribution in [2.45, 2.75) is 6.92 Å². The van der Waals surface area contributed by atoms with Crippen LogP contribution in [0.25, 0.3) is 0 Å². The van der Waals surface area contributed by atoms with E-state index in [2.05, 4.69) is 4.72 Å². The molecule has 20 heavy (non-hydrogen) atoms. The second kappa shape index (κ2) is 5.80. The van der Waals surface area contributed by atoms with Crippen molar-refractivity contribution in [3.63, 3.8) is 0 Å². The van der Waals surface area contributed by atoms with Crippen molar-refractivity contribution in [2.75, 3.05) is 22.5 Å². The summed E-state index contributed by atoms with van der Waals surface area (Å²) in [6.45, 7) is 1.47. The van der Waals surface area contributed by atoms with Crippen LogP contribution < -0.4 is 4.72 Å². The van der Waals surface area contributed by atoms with Gasteiger partial charge in [0.2, 0.25) is 10.0 Å². The molecule has 0 saturated carbocycles. The quantitative estimate of drug-likeness (QED) is 0.787. The summed E-state index contributed by atoms with van der Waals surface area (Å²) in [5, 5.41) is 8.94. The van der Waals surface area contributed by atoms with Gasteiger partial charge in [0.05, 0.1) is 22.8 Å². The smallest absolute Gasteiger partial charge is 0.336 e. The third-order valence-electron chi connectivity index (χ3n) is 2.55. The molecule has 0 fully saturated rings. The van der Waals surface area contributed by atoms with Gasteiger partial charge in [-0.1, -0.05) is 6.07 Å². The average Bonchev–Trinajstić information content (AvgIpc) is 2.28. The first-order valence-electron chi connectivity index (χ1n) is 5.53. The minimum Gasteiger partial charge on any atom is -0.478 e. The highest BCUT2D eigenvalue weighted by Crippen LogP contribution is 2.20. The summed E-state index contributed by atoms with van der Waals surface area (Å²) in [5.74, 6) is -2.25. The number of anilines is 1. The molecule has 9 heteroatoms. The highest BCUT2D eigenvalue weighted by Gasteiger charge is 2.17. The van der Waals surface area contributed by atoms with E-state index in [1.807, 2.05) is 0 Å². The summed E-state index contributed by atoms with van der Waals surface area (Å²) in [6, 6.07) is 4.18. The lowest BCUT2D eigenvalue weighted by molar-refractivity contribution is 0.0696. The Morgan fingerprint density at radius 3 is 2.30 bits per heavy atom. The van der Waals surface area contributed by atoms with Crippen molar-refractivity contribution in [2.24, 2.45) is 0 Å². The zero-order valence-corrected chi connectivity index (χ0v) is 12.6. The molecule has 0 aliphatic carbocycles. The zero-order valence-electron chi connectivity index (χ0n) is 11.0. The molecule has 0 bridgehead atoms. The van der Waals surface area contributed by atoms with E-state index in [1.165, 1.54) is 25.1 Å². The van der Waals surface area contributed by atoms with E-state index < -0.39 is 37.3 Å². The number of benzene rings is 1. The number of carboxylic acid groups (broad SMARTS) is 1. The Hall–Kier alpha value is -1.61. The minimum absolute atomic E-state index is 0.0201. The summed E-state index contributed by atoms with van der Waals surface area (Å²) in [7, 11) is -7.25. The van der Waals surface area contributed by atoms with Gasteiger partial charge in [-0.05, 0) is 24.6 Å². The van der Waals surface area contributed by atoms with Gasteiger partial charge >= 0.3 is 5.97 Å². The van der Waals surface area contributed by atoms with Crippen LogP contribution in [0.2, 0.25) is 0 Å². The van der Waals surface area contributed by atoms with Crippen LogP contribution in [0, 0.1) is 6.92 Å². The molecule has 0 atom stereocenters. The molecule has 0 spiro atoms. The number of hydrogen-bond acceptors (Lipinski definition) is 5. The summed E-state index contributed by atoms with van der Waals surface area (Å²) in [4.78, 5) is 10.9. The number of sulfonamides is 1. The van der Waals surface area contributed by atoms with Crippen molar-refractivity contribution in [1.29, 1.82) is 0 Å². The second-order valence-corrected chi connectivity index (χ2v) is 8.44. The van der Waals surface area contributed by atoms with Gasteiger partial charge in [-0.25, -0.2) is 21.6 Å². The van der Waals surface area contributed by atoms with Crippen LogP contribution >= 0.6 is 0 Å². The first-order chi connectivity index (χ1) is 9.02. The van der Waals surface area contributed by atoms with E-state index >= 15 is 0 Å². The van der Waals surface area contributed by atoms with E-state index in [1.54, 1.807) is 0 Å². The molecule has 0 aliphatic rings. The maximum atomic E-state index is 11.8. The third-order valence-corrected chi connectivity index (χ3v) is 5.03. The van der Waals surface area contributed by atoms with E-state index in [0.717, 1.165) is 6.26 Å². The molecule has 0 aliphatic heterocycles. The van der Waals surface area contributed by atoms with Crippen molar-refractivity contribution in [1.82, 2.24) is 0 Å². The SMILES string of the molecule is Cc1c(NS(=O)(=O)CCS(C)(=O)=O)cccc1C(=O)O. The van der Waals surface area contributed by atoms with Crippen LogP contribution in [-0.4, -0.2) is 45.7 Å². The standard InChI is InChI=1S/C11H15NO6S2/c1-8-9(11(13)14)4-3-5-10(8)12-20(17,18)7-6-19(2,15)16/h3-5,12H,6-7H2,1-2H3,(H,13,14). The summed E-state index contributed by atoms with van der Waals surface area (Å²) < 4.78 is 47.7. The van der Waals surface area contributed by atoms with E-state index in [-0.39, 0.29) is 16.8 Å². The maximum Gasteiger partial charge on any atom is 0.336 e. The molecule has 0 saturated heterocycles. The molecule has 1 rings (SSSR count). The number of aromatic carboxylic acids is 1. The van der Waals surface area contributed by atoms with Gasteiger partial charge in [-0.15, -0.1) is 0 Å². The molecule has 1 aromatic carbocycles. The van der Waals surface area contributed by atoms with Crippen LogP contribution in [0.3, 0.4) is 0 Å². The Morgan fingerprint density at radius 2 is 1.80 bits per heavy atom. The number of hydrogen-bond donors (Lipinski definition) is 2. The van der Waals surface area contributed by atoms with Crippen molar-refractivity contribution >= 4 is 31.5 Å². The van der Waals surface area contributed by atoms with E-state index in [4.69, 9.17) is 5.11 Å². The largest absolute Gasteiger partial charge is 0.478 e. The van der Waals surface area contributed by atoms with Crippen molar-refractivity contribution < 1.29 is 26.7 Å². The highest BCUT2D eigenvalue weighted by molar-refractivity contribution is 7.95. The summed E-state index contributed by atoms with van der Waals surface area (Å²) in [6.07, 6.45) is 0.943. The summed E-state index contributed by atoms with van der Waals surface area (Å²) in [5.41, 5.74) is 0.370. The molecular formula is C11H15NO6S2. The van der Waals surface area contributed by atoms with E-state index in [0.29, 0.717) is 0 Å². The predicted molar refractivity (Wildman–Crippen MR) is 75.3 cm³/mol. The Morgan fingerprint density at radius 1 is 1.20 bits per heavy atom. The molecular weight excluding hydrogens is 306 g/mol. The molecule has 0 aromatic heterocycles. The van der Waals surface area contributed by atoms with Gasteiger partial charge in [-0.3, -0.25) is 4.72 Å². The van der Waals surface area contributed by atoms with Gasteiger partial charge in [-0.2, -0.15) is 0 Å². The van der Waals surface area contributed by atoms with Gasteiger partial charge in [0, 0.05) is 6.26 Å². The monoisotopic (exact) mass is 321 g/mol. The fraction of sp³-hybridized carbons (Fsp3) is 0.364. The van der Waals surface area contributed by atoms with Gasteiger partial charge in [0.15, 0.2) is 0 Å². The third kappa shape index (κ3) is 4.82. The number of nitrogens with one attached hydrogen (secondary N) is 1. The topological polar surface area (TPSA) is 118 Å². The lowest BCUT2D eigenvalue weighted by Gasteiger charge is -2.11. The molecule has 0 radical (unpaired) electrons. The molecule has 2 N–H and O–H groups in total. The molecule has 0 heterocycles. The fourth-order valence-corrected chi connectivity index (χ4v) is 4.20. The number of rotatable bonds is 6. The lowest BCUT2D eigenvalue weighted by Crippen LogP contribution is -2.23. The number of carboxylic acids is 1. The van der Waals surface area contributed by atoms with Crippen LogP contribution in [0.1, 0.15) is 15.9 Å². The Kier molecular flexibility index (Phi) is 4.77. The minimum atomic E-state index is -3.85. The van der Waals surface area contributed by atoms with Crippen LogP contribution in [0.4, 0.5) is 5.69 Å². The van der Waals surface area contributed by atoms with Gasteiger partial charge in [0.25, 0.3) is 0 Å². The Balaban J connectivity index is 2.99. The van der Waals surface area contributed by atoms with Gasteiger partial charge in [0.1, 0.15) is 9.84 Å². The summed E-state index contributed by atoms with van der Waals surface area (Å²) >= 11 is 0. The molecule has 0 unspecified atom stereocenters. The van der Waals surface area contributed by atoms with Crippen molar-refractivity contribution in [3.05, 3.63) is 29.3 Å². The highest BCUT2D eigenvalue weighted by atomic mass is 32.2. The number of carbonyl (C=O) groups is 1. The van der Waals surface area contributed by atoms with Crippen molar-refractivity contribution in [3.8, 4) is 0 Å². The van der Waals surface area contributed by atoms with Crippen LogP contribution in [-0.2, 0) is 19.9 Å². The average molecular weight is 321 g/mol. The first kappa shape index (κ1) is 16.4. The first-order valence-corrected chi connectivity index (χ1v) is 9.24. The normalized spacial score (nSPS) is 12.1. The maximum absolute atomic E-state index is 11.8. The molecule has 0 amide bonds. The zero-order chi connectivity index (χ0) is 15.6. The van der Waals surface area contributed by atoms with Gasteiger partial charge < -0.3 is 5.11 Å². The predicted octanol–water partition coefficient (Wildman–Crippen LogP) is 0.480. The molecule has 1 aromatic rings. The molecule has 7 nitrogen and oxygen atoms in total. The lowest BCUT2D eigenvalue weighted by atomic mass is 10.1. The Bertz CT molecular complexity index is 721. The second-order valence-electron chi connectivity index (χ2n) is 4.33. The van der Waals surface area contributed by atoms with E-state index in [9.17, 15) is 21.6 Å².